The summed E-state index contributed by atoms with van der Waals surface area (Å²) in [4.78, 5) is 26.7. The number of esters is 1. The number of hydrogen-bond donors (Lipinski definition) is 0. The fourth-order valence-electron chi connectivity index (χ4n) is 4.02. The third-order valence-corrected chi connectivity index (χ3v) is 4.91. The Balaban J connectivity index is 1.64. The molecule has 4 nitrogen and oxygen atoms in total. The summed E-state index contributed by atoms with van der Waals surface area (Å²) in [6.07, 6.45) is 5.34. The zero-order valence-corrected chi connectivity index (χ0v) is 12.7. The van der Waals surface area contributed by atoms with E-state index in [1.165, 1.54) is 19.3 Å². The highest BCUT2D eigenvalue weighted by Gasteiger charge is 2.58. The van der Waals surface area contributed by atoms with Gasteiger partial charge in [0.1, 0.15) is 11.6 Å². The molecule has 3 aliphatic rings. The molecule has 0 N–H and O–H groups in total. The Labute approximate surface area is 120 Å². The van der Waals surface area contributed by atoms with Gasteiger partial charge >= 0.3 is 5.97 Å². The lowest BCUT2D eigenvalue weighted by Crippen LogP contribution is -2.44. The van der Waals surface area contributed by atoms with Crippen molar-refractivity contribution in [2.24, 2.45) is 17.8 Å². The van der Waals surface area contributed by atoms with E-state index in [9.17, 15) is 9.59 Å². The molecule has 1 amide bonds. The molecule has 0 spiro atoms. The summed E-state index contributed by atoms with van der Waals surface area (Å²) >= 11 is 0. The van der Waals surface area contributed by atoms with Gasteiger partial charge in [0.15, 0.2) is 0 Å². The number of rotatable bonds is 2. The van der Waals surface area contributed by atoms with Gasteiger partial charge in [-0.05, 0) is 58.3 Å². The first-order chi connectivity index (χ1) is 9.38. The Bertz CT molecular complexity index is 416. The van der Waals surface area contributed by atoms with Crippen molar-refractivity contribution in [2.75, 3.05) is 6.54 Å². The number of fused-ring (bicyclic) bond motifs is 1. The molecule has 3 fully saturated rings. The number of hydrogen-bond acceptors (Lipinski definition) is 3. The maximum atomic E-state index is 12.6. The number of amides is 1. The summed E-state index contributed by atoms with van der Waals surface area (Å²) in [6, 6.07) is -0.344. The van der Waals surface area contributed by atoms with Gasteiger partial charge in [0.25, 0.3) is 0 Å². The summed E-state index contributed by atoms with van der Waals surface area (Å²) in [5.41, 5.74) is -0.482. The van der Waals surface area contributed by atoms with Crippen molar-refractivity contribution in [1.29, 1.82) is 0 Å². The van der Waals surface area contributed by atoms with Crippen molar-refractivity contribution < 1.29 is 14.3 Å². The SMILES string of the molecule is CC(C)(C)OC(=O)[C@H]1CCCN1C(=O)C1C2CCCC21. The predicted molar refractivity (Wildman–Crippen MR) is 74.9 cm³/mol. The molecule has 1 heterocycles. The van der Waals surface area contributed by atoms with Gasteiger partial charge in [0.05, 0.1) is 0 Å². The van der Waals surface area contributed by atoms with E-state index in [1.54, 1.807) is 4.90 Å². The standard InChI is InChI=1S/C16H25NO3/c1-16(2,3)20-15(19)12-8-5-9-17(12)14(18)13-10-6-4-7-11(10)13/h10-13H,4-9H2,1-3H3/t10?,11?,12-,13?/m1/s1. The molecule has 3 atom stereocenters. The Kier molecular flexibility index (Phi) is 3.30. The molecule has 2 saturated carbocycles. The molecule has 0 aromatic rings. The smallest absolute Gasteiger partial charge is 0.329 e. The Morgan fingerprint density at radius 2 is 1.70 bits per heavy atom. The highest BCUT2D eigenvalue weighted by molar-refractivity contribution is 5.88. The van der Waals surface area contributed by atoms with E-state index in [4.69, 9.17) is 4.74 Å². The van der Waals surface area contributed by atoms with E-state index in [-0.39, 0.29) is 23.8 Å². The molecular weight excluding hydrogens is 254 g/mol. The van der Waals surface area contributed by atoms with Crippen LogP contribution in [0.3, 0.4) is 0 Å². The van der Waals surface area contributed by atoms with E-state index < -0.39 is 5.60 Å². The first-order valence-electron chi connectivity index (χ1n) is 7.92. The van der Waals surface area contributed by atoms with Crippen LogP contribution in [0.15, 0.2) is 0 Å². The Morgan fingerprint density at radius 1 is 1.05 bits per heavy atom. The summed E-state index contributed by atoms with van der Waals surface area (Å²) in [7, 11) is 0. The third-order valence-electron chi connectivity index (χ3n) is 4.91. The minimum absolute atomic E-state index is 0.215. The molecule has 112 valence electrons. The summed E-state index contributed by atoms with van der Waals surface area (Å²) in [5.74, 6) is 1.43. The first-order valence-corrected chi connectivity index (χ1v) is 7.92. The number of likely N-dealkylation sites (tertiary alicyclic amines) is 1. The predicted octanol–water partition coefficient (Wildman–Crippen LogP) is 2.37. The van der Waals surface area contributed by atoms with Crippen LogP contribution in [-0.4, -0.2) is 35.0 Å². The van der Waals surface area contributed by atoms with E-state index in [1.807, 2.05) is 20.8 Å². The molecule has 2 unspecified atom stereocenters. The lowest BCUT2D eigenvalue weighted by molar-refractivity contribution is -0.163. The highest BCUT2D eigenvalue weighted by Crippen LogP contribution is 2.58. The molecular formula is C16H25NO3. The Hall–Kier alpha value is -1.06. The first kappa shape index (κ1) is 13.9. The maximum Gasteiger partial charge on any atom is 0.329 e. The van der Waals surface area contributed by atoms with Crippen LogP contribution in [0.4, 0.5) is 0 Å². The van der Waals surface area contributed by atoms with Gasteiger partial charge in [-0.3, -0.25) is 4.79 Å². The van der Waals surface area contributed by atoms with Gasteiger partial charge in [-0.25, -0.2) is 4.79 Å². The van der Waals surface area contributed by atoms with Crippen molar-refractivity contribution >= 4 is 11.9 Å². The topological polar surface area (TPSA) is 46.6 Å². The van der Waals surface area contributed by atoms with Crippen LogP contribution in [0.25, 0.3) is 0 Å². The zero-order chi connectivity index (χ0) is 14.5. The van der Waals surface area contributed by atoms with Gasteiger partial charge in [0.2, 0.25) is 5.91 Å². The molecule has 0 aromatic heterocycles. The molecule has 0 radical (unpaired) electrons. The summed E-state index contributed by atoms with van der Waals surface area (Å²) < 4.78 is 5.46. The van der Waals surface area contributed by atoms with Crippen LogP contribution in [0.2, 0.25) is 0 Å². The summed E-state index contributed by atoms with van der Waals surface area (Å²) in [6.45, 7) is 6.34. The normalized spacial score (nSPS) is 35.9. The Morgan fingerprint density at radius 3 is 2.30 bits per heavy atom. The van der Waals surface area contributed by atoms with Crippen molar-refractivity contribution in [1.82, 2.24) is 4.90 Å². The second-order valence-corrected chi connectivity index (χ2v) is 7.51. The number of ether oxygens (including phenoxy) is 1. The van der Waals surface area contributed by atoms with Crippen LogP contribution in [-0.2, 0) is 14.3 Å². The minimum Gasteiger partial charge on any atom is -0.458 e. The monoisotopic (exact) mass is 279 g/mol. The van der Waals surface area contributed by atoms with Crippen LogP contribution >= 0.6 is 0 Å². The average Bonchev–Trinajstić information content (AvgIpc) is 2.78. The van der Waals surface area contributed by atoms with Gasteiger partial charge in [-0.15, -0.1) is 0 Å². The molecule has 0 bridgehead atoms. The largest absolute Gasteiger partial charge is 0.458 e. The molecule has 2 aliphatic carbocycles. The van der Waals surface area contributed by atoms with Crippen LogP contribution in [0.5, 0.6) is 0 Å². The molecule has 3 rings (SSSR count). The van der Waals surface area contributed by atoms with Gasteiger partial charge < -0.3 is 9.64 Å². The molecule has 1 saturated heterocycles. The number of nitrogens with zero attached hydrogens (tertiary/aromatic N) is 1. The van der Waals surface area contributed by atoms with Gasteiger partial charge in [0, 0.05) is 12.5 Å². The zero-order valence-electron chi connectivity index (χ0n) is 12.7. The molecule has 4 heteroatoms. The highest BCUT2D eigenvalue weighted by atomic mass is 16.6. The van der Waals surface area contributed by atoms with Crippen molar-refractivity contribution in [3.05, 3.63) is 0 Å². The van der Waals surface area contributed by atoms with Crippen LogP contribution in [0.1, 0.15) is 52.9 Å². The van der Waals surface area contributed by atoms with Crippen LogP contribution in [0, 0.1) is 17.8 Å². The lowest BCUT2D eigenvalue weighted by Gasteiger charge is -2.28. The van der Waals surface area contributed by atoms with Crippen molar-refractivity contribution in [3.8, 4) is 0 Å². The van der Waals surface area contributed by atoms with Crippen LogP contribution < -0.4 is 0 Å². The van der Waals surface area contributed by atoms with E-state index in [0.717, 1.165) is 19.4 Å². The van der Waals surface area contributed by atoms with Crippen molar-refractivity contribution in [2.45, 2.75) is 64.5 Å². The number of carbonyl (C=O) groups excluding carboxylic acids is 2. The van der Waals surface area contributed by atoms with E-state index in [0.29, 0.717) is 11.8 Å². The van der Waals surface area contributed by atoms with Crippen molar-refractivity contribution in [3.63, 3.8) is 0 Å². The lowest BCUT2D eigenvalue weighted by atomic mass is 10.1. The fourth-order valence-corrected chi connectivity index (χ4v) is 4.02. The fraction of sp³-hybridized carbons (Fsp3) is 0.875. The van der Waals surface area contributed by atoms with Gasteiger partial charge in [-0.2, -0.15) is 0 Å². The second-order valence-electron chi connectivity index (χ2n) is 7.51. The summed E-state index contributed by atoms with van der Waals surface area (Å²) in [5, 5.41) is 0. The molecule has 0 aromatic carbocycles. The average molecular weight is 279 g/mol. The van der Waals surface area contributed by atoms with E-state index in [2.05, 4.69) is 0 Å². The molecule has 20 heavy (non-hydrogen) atoms. The van der Waals surface area contributed by atoms with E-state index >= 15 is 0 Å². The minimum atomic E-state index is -0.482. The molecule has 1 aliphatic heterocycles. The maximum absolute atomic E-state index is 12.6. The van der Waals surface area contributed by atoms with Gasteiger partial charge in [-0.1, -0.05) is 6.42 Å². The number of carbonyl (C=O) groups is 2. The second kappa shape index (κ2) is 4.74. The quantitative estimate of drug-likeness (QED) is 0.729. The third kappa shape index (κ3) is 2.45.